The summed E-state index contributed by atoms with van der Waals surface area (Å²) in [5.74, 6) is 1.31. The van der Waals surface area contributed by atoms with Crippen molar-refractivity contribution in [1.29, 1.82) is 0 Å². The van der Waals surface area contributed by atoms with E-state index in [-0.39, 0.29) is 0 Å². The number of hydrogen-bond donors (Lipinski definition) is 1. The fourth-order valence-electron chi connectivity index (χ4n) is 1.71. The van der Waals surface area contributed by atoms with E-state index < -0.39 is 0 Å². The van der Waals surface area contributed by atoms with Crippen molar-refractivity contribution in [3.63, 3.8) is 0 Å². The Morgan fingerprint density at radius 1 is 1.50 bits per heavy atom. The predicted octanol–water partition coefficient (Wildman–Crippen LogP) is 2.21. The lowest BCUT2D eigenvalue weighted by molar-refractivity contribution is 0.167. The molecule has 2 N–H and O–H groups in total. The number of hydrogen-bond acceptors (Lipinski definition) is 3. The highest BCUT2D eigenvalue weighted by Crippen LogP contribution is 2.23. The van der Waals surface area contributed by atoms with Crippen LogP contribution in [0.5, 0.6) is 5.75 Å². The zero-order chi connectivity index (χ0) is 11.4. The lowest BCUT2D eigenvalue weighted by Gasteiger charge is -2.11. The SMILES string of the molecule is NCc1ccc(OCC2CCOC2)cc1Cl. The molecule has 1 aliphatic rings. The minimum atomic E-state index is 0.454. The molecule has 1 aromatic rings. The van der Waals surface area contributed by atoms with E-state index >= 15 is 0 Å². The molecule has 1 atom stereocenters. The van der Waals surface area contributed by atoms with Crippen molar-refractivity contribution in [3.8, 4) is 5.75 Å². The van der Waals surface area contributed by atoms with Gasteiger partial charge in [-0.3, -0.25) is 0 Å². The molecule has 1 aliphatic heterocycles. The molecule has 0 amide bonds. The molecule has 4 heteroatoms. The first kappa shape index (κ1) is 11.7. The van der Waals surface area contributed by atoms with Crippen LogP contribution in [0.4, 0.5) is 0 Å². The van der Waals surface area contributed by atoms with Crippen LogP contribution in [0, 0.1) is 5.92 Å². The van der Waals surface area contributed by atoms with Gasteiger partial charge in [-0.1, -0.05) is 17.7 Å². The number of nitrogens with two attached hydrogens (primary N) is 1. The molecule has 1 heterocycles. The lowest BCUT2D eigenvalue weighted by Crippen LogP contribution is -2.11. The van der Waals surface area contributed by atoms with Crippen LogP contribution in [0.3, 0.4) is 0 Å². The maximum atomic E-state index is 6.04. The minimum Gasteiger partial charge on any atom is -0.493 e. The third-order valence-corrected chi connectivity index (χ3v) is 3.11. The first-order valence-electron chi connectivity index (χ1n) is 5.48. The van der Waals surface area contributed by atoms with E-state index in [0.717, 1.165) is 30.9 Å². The molecule has 0 bridgehead atoms. The van der Waals surface area contributed by atoms with Crippen molar-refractivity contribution >= 4 is 11.6 Å². The highest BCUT2D eigenvalue weighted by molar-refractivity contribution is 6.31. The van der Waals surface area contributed by atoms with Gasteiger partial charge in [-0.15, -0.1) is 0 Å². The fourth-order valence-corrected chi connectivity index (χ4v) is 1.96. The number of benzene rings is 1. The molecule has 1 saturated heterocycles. The second-order valence-electron chi connectivity index (χ2n) is 4.00. The summed E-state index contributed by atoms with van der Waals surface area (Å²) in [6, 6.07) is 5.63. The van der Waals surface area contributed by atoms with Gasteiger partial charge in [-0.05, 0) is 24.1 Å². The lowest BCUT2D eigenvalue weighted by atomic mass is 10.1. The zero-order valence-corrected chi connectivity index (χ0v) is 9.87. The van der Waals surface area contributed by atoms with Crippen LogP contribution in [0.1, 0.15) is 12.0 Å². The maximum absolute atomic E-state index is 6.04. The van der Waals surface area contributed by atoms with Crippen molar-refractivity contribution < 1.29 is 9.47 Å². The molecular formula is C12H16ClNO2. The average Bonchev–Trinajstić information content (AvgIpc) is 2.79. The standard InChI is InChI=1S/C12H16ClNO2/c13-12-5-11(2-1-10(12)6-14)16-8-9-3-4-15-7-9/h1-2,5,9H,3-4,6-8,14H2. The van der Waals surface area contributed by atoms with Gasteiger partial charge in [0.2, 0.25) is 0 Å². The Morgan fingerprint density at radius 3 is 3.00 bits per heavy atom. The first-order valence-corrected chi connectivity index (χ1v) is 5.86. The number of rotatable bonds is 4. The normalized spacial score (nSPS) is 20.0. The van der Waals surface area contributed by atoms with Gasteiger partial charge in [-0.25, -0.2) is 0 Å². The Kier molecular flexibility index (Phi) is 4.04. The highest BCUT2D eigenvalue weighted by atomic mass is 35.5. The fraction of sp³-hybridized carbons (Fsp3) is 0.500. The predicted molar refractivity (Wildman–Crippen MR) is 63.8 cm³/mol. The van der Waals surface area contributed by atoms with Crippen LogP contribution in [-0.2, 0) is 11.3 Å². The summed E-state index contributed by atoms with van der Waals surface area (Å²) in [4.78, 5) is 0. The van der Waals surface area contributed by atoms with Crippen molar-refractivity contribution in [3.05, 3.63) is 28.8 Å². The first-order chi connectivity index (χ1) is 7.79. The minimum absolute atomic E-state index is 0.454. The van der Waals surface area contributed by atoms with Gasteiger partial charge in [0.1, 0.15) is 5.75 Å². The second-order valence-corrected chi connectivity index (χ2v) is 4.41. The summed E-state index contributed by atoms with van der Waals surface area (Å²) in [5.41, 5.74) is 6.48. The van der Waals surface area contributed by atoms with Crippen LogP contribution in [0.15, 0.2) is 18.2 Å². The molecule has 0 aromatic heterocycles. The van der Waals surface area contributed by atoms with E-state index in [4.69, 9.17) is 26.8 Å². The van der Waals surface area contributed by atoms with E-state index in [2.05, 4.69) is 0 Å². The average molecular weight is 242 g/mol. The molecule has 0 spiro atoms. The molecule has 0 saturated carbocycles. The number of halogens is 1. The third-order valence-electron chi connectivity index (χ3n) is 2.75. The van der Waals surface area contributed by atoms with E-state index in [1.807, 2.05) is 18.2 Å². The van der Waals surface area contributed by atoms with E-state index in [1.54, 1.807) is 0 Å². The molecule has 2 rings (SSSR count). The summed E-state index contributed by atoms with van der Waals surface area (Å²) in [6.07, 6.45) is 1.08. The van der Waals surface area contributed by atoms with Gasteiger partial charge in [-0.2, -0.15) is 0 Å². The molecule has 0 aliphatic carbocycles. The molecule has 0 radical (unpaired) electrons. The smallest absolute Gasteiger partial charge is 0.120 e. The Bertz CT molecular complexity index is 351. The Hall–Kier alpha value is -0.770. The van der Waals surface area contributed by atoms with E-state index in [1.165, 1.54) is 0 Å². The maximum Gasteiger partial charge on any atom is 0.120 e. The Balaban J connectivity index is 1.91. The second kappa shape index (κ2) is 5.53. The monoisotopic (exact) mass is 241 g/mol. The van der Waals surface area contributed by atoms with Gasteiger partial charge in [0.05, 0.1) is 13.2 Å². The summed E-state index contributed by atoms with van der Waals surface area (Å²) in [6.45, 7) is 2.80. The largest absolute Gasteiger partial charge is 0.493 e. The van der Waals surface area contributed by atoms with Gasteiger partial charge >= 0.3 is 0 Å². The quantitative estimate of drug-likeness (QED) is 0.879. The summed E-state index contributed by atoms with van der Waals surface area (Å²) >= 11 is 6.04. The highest BCUT2D eigenvalue weighted by Gasteiger charge is 2.16. The van der Waals surface area contributed by atoms with Crippen molar-refractivity contribution in [2.24, 2.45) is 11.7 Å². The van der Waals surface area contributed by atoms with Crippen LogP contribution in [-0.4, -0.2) is 19.8 Å². The summed E-state index contributed by atoms with van der Waals surface area (Å²) in [5, 5.41) is 0.669. The topological polar surface area (TPSA) is 44.5 Å². The van der Waals surface area contributed by atoms with Crippen molar-refractivity contribution in [2.75, 3.05) is 19.8 Å². The van der Waals surface area contributed by atoms with E-state index in [9.17, 15) is 0 Å². The van der Waals surface area contributed by atoms with Crippen molar-refractivity contribution in [2.45, 2.75) is 13.0 Å². The van der Waals surface area contributed by atoms with Crippen LogP contribution >= 0.6 is 11.6 Å². The molecule has 88 valence electrons. The molecule has 3 nitrogen and oxygen atoms in total. The van der Waals surface area contributed by atoms with Crippen LogP contribution in [0.2, 0.25) is 5.02 Å². The van der Waals surface area contributed by atoms with Crippen LogP contribution in [0.25, 0.3) is 0 Å². The molecular weight excluding hydrogens is 226 g/mol. The molecule has 1 unspecified atom stereocenters. The van der Waals surface area contributed by atoms with E-state index in [0.29, 0.717) is 24.1 Å². The Labute approximate surface area is 100 Å². The zero-order valence-electron chi connectivity index (χ0n) is 9.12. The molecule has 1 aromatic carbocycles. The van der Waals surface area contributed by atoms with Crippen LogP contribution < -0.4 is 10.5 Å². The summed E-state index contributed by atoms with van der Waals surface area (Å²) in [7, 11) is 0. The van der Waals surface area contributed by atoms with Gasteiger partial charge < -0.3 is 15.2 Å². The van der Waals surface area contributed by atoms with Crippen molar-refractivity contribution in [1.82, 2.24) is 0 Å². The third kappa shape index (κ3) is 2.88. The van der Waals surface area contributed by atoms with Gasteiger partial charge in [0.15, 0.2) is 0 Å². The number of ether oxygens (including phenoxy) is 2. The van der Waals surface area contributed by atoms with Gasteiger partial charge in [0, 0.05) is 24.1 Å². The summed E-state index contributed by atoms with van der Waals surface area (Å²) < 4.78 is 10.9. The molecule has 1 fully saturated rings. The molecule has 16 heavy (non-hydrogen) atoms. The Morgan fingerprint density at radius 2 is 2.38 bits per heavy atom. The van der Waals surface area contributed by atoms with Gasteiger partial charge in [0.25, 0.3) is 0 Å².